The molecule has 8 heteroatoms. The van der Waals surface area contributed by atoms with Gasteiger partial charge in [0.2, 0.25) is 5.91 Å². The number of nitrogens with zero attached hydrogens (tertiary/aromatic N) is 3. The lowest BCUT2D eigenvalue weighted by atomic mass is 9.97. The number of piperidine rings is 1. The van der Waals surface area contributed by atoms with Crippen LogP contribution in [0.2, 0.25) is 0 Å². The van der Waals surface area contributed by atoms with Crippen LogP contribution in [0.25, 0.3) is 0 Å². The highest BCUT2D eigenvalue weighted by Gasteiger charge is 2.48. The molecule has 1 N–H and O–H groups in total. The first kappa shape index (κ1) is 19.1. The largest absolute Gasteiger partial charge is 0.395 e. The summed E-state index contributed by atoms with van der Waals surface area (Å²) in [6.45, 7) is 6.39. The van der Waals surface area contributed by atoms with Gasteiger partial charge in [-0.1, -0.05) is 6.42 Å². The maximum atomic E-state index is 13.0. The molecule has 0 radical (unpaired) electrons. The summed E-state index contributed by atoms with van der Waals surface area (Å²) in [5.74, 6) is 0.199. The van der Waals surface area contributed by atoms with Crippen LogP contribution in [0.5, 0.6) is 0 Å². The van der Waals surface area contributed by atoms with E-state index in [2.05, 4.69) is 18.7 Å². The number of β-amino-alcohol motifs (C(OH)–C–C–N with tert-alkyl or cyclic N) is 1. The monoisotopic (exact) mass is 373 g/mol. The van der Waals surface area contributed by atoms with Crippen molar-refractivity contribution < 1.29 is 18.3 Å². The van der Waals surface area contributed by atoms with Crippen LogP contribution in [-0.4, -0.2) is 103 Å². The molecular formula is C17H31N3O4S. The Morgan fingerprint density at radius 2 is 1.72 bits per heavy atom. The number of carbonyl (C=O) groups is 1. The third kappa shape index (κ3) is 4.02. The molecule has 7 nitrogen and oxygen atoms in total. The van der Waals surface area contributed by atoms with Gasteiger partial charge < -0.3 is 10.0 Å². The first-order valence-electron chi connectivity index (χ1n) is 9.43. The number of rotatable bonds is 4. The Labute approximate surface area is 150 Å². The number of aliphatic hydroxyl groups is 1. The summed E-state index contributed by atoms with van der Waals surface area (Å²) in [5, 5.41) is 9.24. The molecule has 3 heterocycles. The van der Waals surface area contributed by atoms with Crippen molar-refractivity contribution >= 4 is 15.7 Å². The highest BCUT2D eigenvalue weighted by Crippen LogP contribution is 2.28. The fraction of sp³-hybridized carbons (Fsp3) is 0.941. The summed E-state index contributed by atoms with van der Waals surface area (Å²) >= 11 is 0. The molecule has 4 atom stereocenters. The maximum absolute atomic E-state index is 13.0. The molecule has 0 aromatic carbocycles. The van der Waals surface area contributed by atoms with Gasteiger partial charge in [-0.05, 0) is 26.7 Å². The SMILES string of the molecule is C[C@@H]1CCC[C@H](C)N1CC(=O)N1CCN(CCO)[C@H]2CS(=O)(=O)C[C@H]21. The molecule has 0 aromatic heterocycles. The molecule has 144 valence electrons. The molecule has 3 fully saturated rings. The van der Waals surface area contributed by atoms with Crippen molar-refractivity contribution in [2.24, 2.45) is 0 Å². The van der Waals surface area contributed by atoms with E-state index in [9.17, 15) is 18.3 Å². The lowest BCUT2D eigenvalue weighted by Gasteiger charge is -2.45. The number of sulfone groups is 1. The predicted octanol–water partition coefficient (Wildman–Crippen LogP) is -0.449. The van der Waals surface area contributed by atoms with E-state index < -0.39 is 9.84 Å². The lowest BCUT2D eigenvalue weighted by Crippen LogP contribution is -2.62. The number of carbonyl (C=O) groups excluding carboxylic acids is 1. The predicted molar refractivity (Wildman–Crippen MR) is 96.1 cm³/mol. The molecule has 3 saturated heterocycles. The third-order valence-corrected chi connectivity index (χ3v) is 7.89. The summed E-state index contributed by atoms with van der Waals surface area (Å²) < 4.78 is 24.3. The molecule has 0 bridgehead atoms. The minimum absolute atomic E-state index is 0.0139. The number of hydrogen-bond acceptors (Lipinski definition) is 6. The fourth-order valence-electron chi connectivity index (χ4n) is 4.77. The minimum Gasteiger partial charge on any atom is -0.395 e. The maximum Gasteiger partial charge on any atom is 0.237 e. The van der Waals surface area contributed by atoms with Crippen LogP contribution in [0.15, 0.2) is 0 Å². The van der Waals surface area contributed by atoms with Gasteiger partial charge in [0.25, 0.3) is 0 Å². The second kappa shape index (κ2) is 7.50. The zero-order valence-corrected chi connectivity index (χ0v) is 16.1. The van der Waals surface area contributed by atoms with Gasteiger partial charge in [-0.2, -0.15) is 0 Å². The topological polar surface area (TPSA) is 81.2 Å². The minimum atomic E-state index is -3.13. The van der Waals surface area contributed by atoms with Crippen LogP contribution in [0.3, 0.4) is 0 Å². The summed E-state index contributed by atoms with van der Waals surface area (Å²) in [6.07, 6.45) is 3.43. The van der Waals surface area contributed by atoms with Crippen LogP contribution in [0.1, 0.15) is 33.1 Å². The van der Waals surface area contributed by atoms with Crippen LogP contribution in [0, 0.1) is 0 Å². The Kier molecular flexibility index (Phi) is 5.72. The van der Waals surface area contributed by atoms with Gasteiger partial charge in [-0.15, -0.1) is 0 Å². The quantitative estimate of drug-likeness (QED) is 0.719. The van der Waals surface area contributed by atoms with Crippen LogP contribution >= 0.6 is 0 Å². The third-order valence-electron chi connectivity index (χ3n) is 6.19. The Hall–Kier alpha value is -0.700. The molecule has 0 spiro atoms. The summed E-state index contributed by atoms with van der Waals surface area (Å²) in [5.41, 5.74) is 0. The average molecular weight is 374 g/mol. The Balaban J connectivity index is 1.72. The van der Waals surface area contributed by atoms with Crippen molar-refractivity contribution in [3.63, 3.8) is 0 Å². The Morgan fingerprint density at radius 3 is 2.36 bits per heavy atom. The molecular weight excluding hydrogens is 342 g/mol. The van der Waals surface area contributed by atoms with Crippen molar-refractivity contribution in [1.82, 2.24) is 14.7 Å². The number of likely N-dealkylation sites (tertiary alicyclic amines) is 1. The first-order valence-corrected chi connectivity index (χ1v) is 11.2. The van der Waals surface area contributed by atoms with Crippen molar-refractivity contribution in [2.75, 3.05) is 44.3 Å². The van der Waals surface area contributed by atoms with Gasteiger partial charge in [0, 0.05) is 37.8 Å². The Morgan fingerprint density at radius 1 is 1.08 bits per heavy atom. The van der Waals surface area contributed by atoms with Crippen LogP contribution in [-0.2, 0) is 14.6 Å². The van der Waals surface area contributed by atoms with Crippen molar-refractivity contribution in [1.29, 1.82) is 0 Å². The van der Waals surface area contributed by atoms with Gasteiger partial charge >= 0.3 is 0 Å². The number of aliphatic hydroxyl groups excluding tert-OH is 1. The molecule has 0 unspecified atom stereocenters. The molecule has 0 saturated carbocycles. The lowest BCUT2D eigenvalue weighted by molar-refractivity contribution is -0.140. The van der Waals surface area contributed by atoms with E-state index >= 15 is 0 Å². The van der Waals surface area contributed by atoms with Gasteiger partial charge in [-0.25, -0.2) is 8.42 Å². The first-order chi connectivity index (χ1) is 11.8. The molecule has 1 amide bonds. The average Bonchev–Trinajstić information content (AvgIpc) is 2.87. The van der Waals surface area contributed by atoms with Crippen LogP contribution in [0.4, 0.5) is 0 Å². The molecule has 0 aliphatic carbocycles. The van der Waals surface area contributed by atoms with E-state index in [1.807, 2.05) is 4.90 Å². The highest BCUT2D eigenvalue weighted by molar-refractivity contribution is 7.91. The van der Waals surface area contributed by atoms with E-state index in [4.69, 9.17) is 0 Å². The smallest absolute Gasteiger partial charge is 0.237 e. The normalized spacial score (nSPS) is 36.4. The van der Waals surface area contributed by atoms with E-state index in [1.165, 1.54) is 6.42 Å². The molecule has 3 aliphatic rings. The number of fused-ring (bicyclic) bond motifs is 1. The molecule has 3 aliphatic heterocycles. The standard InChI is InChI=1S/C17H31N3O4S/c1-13-4-3-5-14(2)20(13)10-17(22)19-7-6-18(8-9-21)15-11-25(23,24)12-16(15)19/h13-16,21H,3-12H2,1-2H3/t13-,14+,15-,16+/m0/s1. The van der Waals surface area contributed by atoms with Crippen molar-refractivity contribution in [3.05, 3.63) is 0 Å². The zero-order chi connectivity index (χ0) is 18.2. The highest BCUT2D eigenvalue weighted by atomic mass is 32.2. The van der Waals surface area contributed by atoms with Crippen LogP contribution < -0.4 is 0 Å². The number of amides is 1. The van der Waals surface area contributed by atoms with Gasteiger partial charge in [0.05, 0.1) is 30.7 Å². The van der Waals surface area contributed by atoms with E-state index in [0.717, 1.165) is 12.8 Å². The summed E-state index contributed by atoms with van der Waals surface area (Å²) in [7, 11) is -3.13. The summed E-state index contributed by atoms with van der Waals surface area (Å²) in [4.78, 5) is 19.1. The van der Waals surface area contributed by atoms with Gasteiger partial charge in [-0.3, -0.25) is 14.6 Å². The Bertz CT molecular complexity index is 587. The molecule has 3 rings (SSSR count). The second-order valence-corrected chi connectivity index (χ2v) is 10.0. The van der Waals surface area contributed by atoms with Crippen molar-refractivity contribution in [3.8, 4) is 0 Å². The number of hydrogen-bond donors (Lipinski definition) is 1. The zero-order valence-electron chi connectivity index (χ0n) is 15.3. The second-order valence-electron chi connectivity index (χ2n) is 7.86. The molecule has 0 aromatic rings. The van der Waals surface area contributed by atoms with Gasteiger partial charge in [0.1, 0.15) is 0 Å². The van der Waals surface area contributed by atoms with E-state index in [-0.39, 0.29) is 36.1 Å². The van der Waals surface area contributed by atoms with E-state index in [1.54, 1.807) is 4.90 Å². The van der Waals surface area contributed by atoms with E-state index in [0.29, 0.717) is 38.3 Å². The van der Waals surface area contributed by atoms with Crippen molar-refractivity contribution in [2.45, 2.75) is 57.3 Å². The molecule has 25 heavy (non-hydrogen) atoms. The fourth-order valence-corrected chi connectivity index (χ4v) is 6.79. The number of piperazine rings is 1. The summed E-state index contributed by atoms with van der Waals surface area (Å²) in [6, 6.07) is 0.345. The van der Waals surface area contributed by atoms with Gasteiger partial charge in [0.15, 0.2) is 9.84 Å².